The number of rotatable bonds is 8. The smallest absolute Gasteiger partial charge is 0.199 e. The number of halogens is 2. The Kier molecular flexibility index (Phi) is 6.78. The molecule has 1 atom stereocenters. The van der Waals surface area contributed by atoms with E-state index in [4.69, 9.17) is 37.9 Å². The quantitative estimate of drug-likeness (QED) is 0.269. The molecule has 0 bridgehead atoms. The van der Waals surface area contributed by atoms with Crippen LogP contribution in [0.2, 0.25) is 5.02 Å². The van der Waals surface area contributed by atoms with E-state index >= 15 is 0 Å². The van der Waals surface area contributed by atoms with Crippen molar-refractivity contribution in [2.75, 3.05) is 13.8 Å². The first-order valence-electron chi connectivity index (χ1n) is 8.42. The van der Waals surface area contributed by atoms with Crippen molar-refractivity contribution in [3.05, 3.63) is 28.8 Å². The summed E-state index contributed by atoms with van der Waals surface area (Å²) in [4.78, 5) is 0. The fourth-order valence-corrected chi connectivity index (χ4v) is 4.49. The average molecular weight is 401 g/mol. The number of nitrogens with one attached hydrogen (secondary N) is 3. The zero-order valence-electron chi connectivity index (χ0n) is 15.7. The fraction of sp³-hybridized carbons (Fsp3) is 0.611. The maximum Gasteiger partial charge on any atom is 0.199 e. The van der Waals surface area contributed by atoms with Gasteiger partial charge < -0.3 is 9.47 Å². The number of nitrogens with zero attached hydrogens (tertiary/aromatic N) is 1. The molecule has 0 radical (unpaired) electrons. The number of hydrazine groups is 1. The molecule has 0 aromatic heterocycles. The summed E-state index contributed by atoms with van der Waals surface area (Å²) in [6, 6.07) is 7.37. The van der Waals surface area contributed by atoms with Crippen LogP contribution in [-0.4, -0.2) is 31.6 Å². The molecule has 144 valence electrons. The molecule has 8 heteroatoms. The monoisotopic (exact) mass is 400 g/mol. The van der Waals surface area contributed by atoms with Crippen molar-refractivity contribution in [2.24, 2.45) is 10.8 Å². The van der Waals surface area contributed by atoms with E-state index in [2.05, 4.69) is 49.9 Å². The summed E-state index contributed by atoms with van der Waals surface area (Å²) in [5, 5.41) is 12.8. The molecule has 0 saturated heterocycles. The van der Waals surface area contributed by atoms with Crippen LogP contribution < -0.4 is 20.9 Å². The minimum atomic E-state index is -0.619. The molecule has 0 aliphatic heterocycles. The lowest BCUT2D eigenvalue weighted by Gasteiger charge is -2.63. The first kappa shape index (κ1) is 21.2. The summed E-state index contributed by atoms with van der Waals surface area (Å²) in [6.45, 7) is 8.91. The van der Waals surface area contributed by atoms with Crippen LogP contribution in [-0.2, 0) is 4.74 Å². The minimum Gasteiger partial charge on any atom is -0.489 e. The van der Waals surface area contributed by atoms with Crippen molar-refractivity contribution in [1.82, 2.24) is 16.2 Å². The van der Waals surface area contributed by atoms with Crippen molar-refractivity contribution < 1.29 is 9.47 Å². The van der Waals surface area contributed by atoms with Gasteiger partial charge in [-0.2, -0.15) is 5.26 Å². The topological polar surface area (TPSA) is 78.3 Å². The summed E-state index contributed by atoms with van der Waals surface area (Å²) >= 11 is 12.1. The lowest BCUT2D eigenvalue weighted by Crippen LogP contribution is -2.74. The van der Waals surface area contributed by atoms with Gasteiger partial charge in [-0.15, -0.1) is 0 Å². The molecule has 0 amide bonds. The molecule has 1 unspecified atom stereocenters. The second kappa shape index (κ2) is 8.30. The molecule has 6 nitrogen and oxygen atoms in total. The Hall–Kier alpha value is -1.07. The van der Waals surface area contributed by atoms with Crippen LogP contribution in [0.25, 0.3) is 0 Å². The maximum atomic E-state index is 8.99. The highest BCUT2D eigenvalue weighted by molar-refractivity contribution is 6.31. The summed E-state index contributed by atoms with van der Waals surface area (Å²) in [5.41, 5.74) is 5.03. The molecule has 1 aromatic rings. The van der Waals surface area contributed by atoms with Gasteiger partial charge in [0.1, 0.15) is 24.7 Å². The number of nitriles is 1. The Balaban J connectivity index is 2.01. The van der Waals surface area contributed by atoms with Gasteiger partial charge in [-0.3, -0.25) is 10.7 Å². The number of benzene rings is 1. The summed E-state index contributed by atoms with van der Waals surface area (Å²) in [6.07, 6.45) is -0.0289. The highest BCUT2D eigenvalue weighted by atomic mass is 35.5. The van der Waals surface area contributed by atoms with E-state index in [0.717, 1.165) is 0 Å². The lowest BCUT2D eigenvalue weighted by atomic mass is 9.49. The molecule has 1 fully saturated rings. The van der Waals surface area contributed by atoms with Crippen molar-refractivity contribution in [3.63, 3.8) is 0 Å². The van der Waals surface area contributed by atoms with Crippen molar-refractivity contribution in [2.45, 2.75) is 45.5 Å². The molecular weight excluding hydrogens is 375 g/mol. The molecule has 0 heterocycles. The zero-order chi connectivity index (χ0) is 19.5. The number of ether oxygens (including phenoxy) is 2. The molecule has 3 N–H and O–H groups in total. The number of hydrogen-bond acceptors (Lipinski definition) is 6. The molecule has 1 aliphatic rings. The van der Waals surface area contributed by atoms with Gasteiger partial charge in [-0.25, -0.2) is 5.43 Å². The first-order chi connectivity index (χ1) is 12.1. The van der Waals surface area contributed by atoms with Gasteiger partial charge in [0, 0.05) is 22.9 Å². The molecule has 1 aliphatic carbocycles. The van der Waals surface area contributed by atoms with E-state index in [-0.39, 0.29) is 23.0 Å². The van der Waals surface area contributed by atoms with Gasteiger partial charge in [-0.1, -0.05) is 50.9 Å². The van der Waals surface area contributed by atoms with Crippen molar-refractivity contribution >= 4 is 23.2 Å². The molecule has 1 aromatic carbocycles. The molecule has 0 spiro atoms. The average Bonchev–Trinajstić information content (AvgIpc) is 2.56. The standard InChI is InChI=1S/C18H26Cl2N4O2/c1-17(2)14(23-10-25-16(20)24-22-5)18(3,4)15(17)26-12-7-6-11(9-21)13(19)8-12/h6-8,14-16,22-24H,10H2,1-5H3/t14-,15-,16?. The van der Waals surface area contributed by atoms with Crippen LogP contribution in [0.5, 0.6) is 5.75 Å². The Morgan fingerprint density at radius 3 is 2.46 bits per heavy atom. The van der Waals surface area contributed by atoms with Gasteiger partial charge in [0.05, 0.1) is 10.6 Å². The highest BCUT2D eigenvalue weighted by Crippen LogP contribution is 2.55. The van der Waals surface area contributed by atoms with Crippen molar-refractivity contribution in [1.29, 1.82) is 5.26 Å². The fourth-order valence-electron chi connectivity index (χ4n) is 4.11. The Labute approximate surface area is 165 Å². The predicted molar refractivity (Wildman–Crippen MR) is 103 cm³/mol. The van der Waals surface area contributed by atoms with E-state index in [1.165, 1.54) is 0 Å². The first-order valence-corrected chi connectivity index (χ1v) is 9.23. The second-order valence-electron chi connectivity index (χ2n) is 7.55. The second-order valence-corrected chi connectivity index (χ2v) is 8.36. The largest absolute Gasteiger partial charge is 0.489 e. The normalized spacial score (nSPS) is 24.4. The van der Waals surface area contributed by atoms with E-state index in [1.54, 1.807) is 25.2 Å². The van der Waals surface area contributed by atoms with Crippen molar-refractivity contribution in [3.8, 4) is 11.8 Å². The lowest BCUT2D eigenvalue weighted by molar-refractivity contribution is -0.175. The Morgan fingerprint density at radius 1 is 1.27 bits per heavy atom. The van der Waals surface area contributed by atoms with Crippen LogP contribution in [0, 0.1) is 22.2 Å². The van der Waals surface area contributed by atoms with Crippen LogP contribution >= 0.6 is 23.2 Å². The van der Waals surface area contributed by atoms with Crippen LogP contribution in [0.15, 0.2) is 18.2 Å². The van der Waals surface area contributed by atoms with Gasteiger partial charge in [0.25, 0.3) is 0 Å². The molecule has 1 saturated carbocycles. The summed E-state index contributed by atoms with van der Waals surface area (Å²) in [7, 11) is 1.72. The van der Waals surface area contributed by atoms with Gasteiger partial charge in [-0.05, 0) is 19.2 Å². The van der Waals surface area contributed by atoms with E-state index in [9.17, 15) is 0 Å². The predicted octanol–water partition coefficient (Wildman–Crippen LogP) is 3.20. The Bertz CT molecular complexity index is 660. The zero-order valence-corrected chi connectivity index (χ0v) is 17.2. The third-order valence-corrected chi connectivity index (χ3v) is 5.48. The maximum absolute atomic E-state index is 8.99. The van der Waals surface area contributed by atoms with E-state index in [1.807, 2.05) is 0 Å². The van der Waals surface area contributed by atoms with Gasteiger partial charge in [0.15, 0.2) is 5.69 Å². The molecule has 2 rings (SSSR count). The highest BCUT2D eigenvalue weighted by Gasteiger charge is 2.63. The van der Waals surface area contributed by atoms with E-state index < -0.39 is 5.69 Å². The van der Waals surface area contributed by atoms with Crippen LogP contribution in [0.3, 0.4) is 0 Å². The summed E-state index contributed by atoms with van der Waals surface area (Å²) < 4.78 is 11.7. The SMILES string of the molecule is CNNC(Cl)OCN[C@H]1C(C)(C)[C@H](Oc2ccc(C#N)c(Cl)c2)C1(C)C. The third-order valence-electron chi connectivity index (χ3n) is 4.93. The van der Waals surface area contributed by atoms with Crippen LogP contribution in [0.1, 0.15) is 33.3 Å². The molecular formula is C18H26Cl2N4O2. The van der Waals surface area contributed by atoms with Gasteiger partial charge >= 0.3 is 0 Å². The third kappa shape index (κ3) is 4.25. The molecule has 26 heavy (non-hydrogen) atoms. The number of alkyl halides is 1. The van der Waals surface area contributed by atoms with E-state index in [0.29, 0.717) is 23.1 Å². The van der Waals surface area contributed by atoms with Crippen LogP contribution in [0.4, 0.5) is 0 Å². The minimum absolute atomic E-state index is 0.0289. The Morgan fingerprint density at radius 2 is 1.92 bits per heavy atom. The van der Waals surface area contributed by atoms with Gasteiger partial charge in [0.2, 0.25) is 0 Å². The number of hydrogen-bond donors (Lipinski definition) is 3. The summed E-state index contributed by atoms with van der Waals surface area (Å²) in [5.74, 6) is 0.661.